The molecule has 0 aliphatic carbocycles. The Balaban J connectivity index is 0.000000498. The minimum Gasteiger partial charge on any atom is -0.508 e. The van der Waals surface area contributed by atoms with Crippen molar-refractivity contribution in [1.82, 2.24) is 25.3 Å². The number of hydrogen-bond acceptors (Lipinski definition) is 18. The Bertz CT molecular complexity index is 3780. The van der Waals surface area contributed by atoms with Crippen molar-refractivity contribution in [3.05, 3.63) is 210 Å². The topological polar surface area (TPSA) is 317 Å². The molecular weight excluding hydrogens is 1400 g/mol. The number of halogens is 2. The van der Waals surface area contributed by atoms with Crippen LogP contribution in [0.2, 0.25) is 0 Å². The van der Waals surface area contributed by atoms with Gasteiger partial charge in [-0.1, -0.05) is 106 Å². The third kappa shape index (κ3) is 29.2. The van der Waals surface area contributed by atoms with Crippen molar-refractivity contribution in [2.75, 3.05) is 32.7 Å². The van der Waals surface area contributed by atoms with Crippen LogP contribution >= 0.6 is 24.8 Å². The predicted octanol–water partition coefficient (Wildman–Crippen LogP) is 14.7. The second kappa shape index (κ2) is 45.4. The second-order valence-electron chi connectivity index (χ2n) is 26.8. The minimum atomic E-state index is -0.712. The van der Waals surface area contributed by atoms with Crippen molar-refractivity contribution < 1.29 is 82.1 Å². The SMILES string of the molecule is C.C.CC(=O)C(c1ccccc1)C1CCCCN1C(=O)c1ccc(O)cc1.CC(=O)C(c1ccccc1)C1CCCCN1C(=O)c1ccc(OC(=O)CN)cc1.CC(=O)C(c1ccccc1)C1CCCCN1C(=O)c1ccc(OC(=O)CNC(=O)OC(C)(C)C)cc1.CC(C)(C)OC(=O)N/C=C/OO.Cl.Cl. The molecule has 6 unspecified atom stereocenters. The van der Waals surface area contributed by atoms with Crippen molar-refractivity contribution in [2.24, 2.45) is 5.73 Å². The minimum absolute atomic E-state index is 0. The number of ketones is 3. The summed E-state index contributed by atoms with van der Waals surface area (Å²) in [5.41, 5.74) is 8.35. The van der Waals surface area contributed by atoms with E-state index in [0.717, 1.165) is 86.9 Å². The van der Waals surface area contributed by atoms with E-state index in [9.17, 15) is 53.1 Å². The highest BCUT2D eigenvalue weighted by atomic mass is 35.5. The van der Waals surface area contributed by atoms with Gasteiger partial charge in [0.05, 0.1) is 24.3 Å². The summed E-state index contributed by atoms with van der Waals surface area (Å²) in [5.74, 6) is -1.66. The Hall–Kier alpha value is -9.94. The van der Waals surface area contributed by atoms with Gasteiger partial charge in [0.15, 0.2) is 0 Å². The number of benzene rings is 6. The lowest BCUT2D eigenvalue weighted by molar-refractivity contribution is -0.186. The average molecular weight is 1510 g/mol. The molecule has 0 spiro atoms. The molecule has 106 heavy (non-hydrogen) atoms. The van der Waals surface area contributed by atoms with E-state index in [4.69, 9.17) is 29.9 Å². The van der Waals surface area contributed by atoms with Gasteiger partial charge < -0.3 is 54.7 Å². The lowest BCUT2D eigenvalue weighted by atomic mass is 9.82. The molecule has 5 amide bonds. The highest BCUT2D eigenvalue weighted by molar-refractivity contribution is 5.97. The van der Waals surface area contributed by atoms with Crippen LogP contribution in [-0.4, -0.2) is 146 Å². The maximum absolute atomic E-state index is 13.4. The molecule has 6 atom stereocenters. The number of phenolic OH excluding ortho intramolecular Hbond substituents is 1. The summed E-state index contributed by atoms with van der Waals surface area (Å²) in [6, 6.07) is 47.5. The van der Waals surface area contributed by atoms with Crippen LogP contribution in [0.3, 0.4) is 0 Å². The first kappa shape index (κ1) is 92.1. The van der Waals surface area contributed by atoms with Crippen molar-refractivity contribution in [3.63, 3.8) is 0 Å². The number of ether oxygens (including phenoxy) is 4. The largest absolute Gasteiger partial charge is 0.508 e. The van der Waals surface area contributed by atoms with Gasteiger partial charge in [-0.3, -0.25) is 38.9 Å². The summed E-state index contributed by atoms with van der Waals surface area (Å²) < 4.78 is 20.2. The van der Waals surface area contributed by atoms with Gasteiger partial charge in [-0.05, 0) is 210 Å². The van der Waals surface area contributed by atoms with Gasteiger partial charge in [0.1, 0.15) is 58.6 Å². The molecule has 0 saturated carbocycles. The van der Waals surface area contributed by atoms with E-state index >= 15 is 0 Å². The molecule has 6 N–H and O–H groups in total. The summed E-state index contributed by atoms with van der Waals surface area (Å²) in [6.07, 6.45) is 8.77. The molecule has 25 heteroatoms. The van der Waals surface area contributed by atoms with Gasteiger partial charge in [-0.2, -0.15) is 0 Å². The van der Waals surface area contributed by atoms with Crippen LogP contribution in [-0.2, 0) is 38.3 Å². The molecule has 0 radical (unpaired) electrons. The van der Waals surface area contributed by atoms with Crippen LogP contribution in [0.1, 0.15) is 200 Å². The summed E-state index contributed by atoms with van der Waals surface area (Å²) in [5, 5.41) is 21.8. The highest BCUT2D eigenvalue weighted by Crippen LogP contribution is 2.36. The number of carbonyl (C=O) groups excluding carboxylic acids is 10. The summed E-state index contributed by atoms with van der Waals surface area (Å²) in [7, 11) is 0. The third-order valence-electron chi connectivity index (χ3n) is 16.8. The summed E-state index contributed by atoms with van der Waals surface area (Å²) >= 11 is 0. The Labute approximate surface area is 635 Å². The third-order valence-corrected chi connectivity index (χ3v) is 16.8. The molecule has 0 aromatic heterocycles. The zero-order valence-corrected chi connectivity index (χ0v) is 62.0. The van der Waals surface area contributed by atoms with Gasteiger partial charge in [0, 0.05) is 60.7 Å². The number of nitrogens with two attached hydrogens (primary N) is 1. The molecular formula is C81H106Cl2N6O17. The second-order valence-corrected chi connectivity index (χ2v) is 26.8. The standard InChI is InChI=1S/C28H34N2O6.C23H26N2O4.C21H23NO3.C7H13NO4.2CH4.2ClH/c1-19(31)25(20-10-6-5-7-11-20)23-12-8-9-17-30(23)26(33)21-13-15-22(16-14-21)35-24(32)18-29-27(34)36-28(2,3)4;1-16(26)22(17-7-3-2-4-8-17)20-9-5-6-14-25(20)23(28)18-10-12-19(13-11-18)29-21(27)15-24;1-15(23)20(16-7-3-2-4-8-16)19-9-5-6-14-22(19)21(25)17-10-12-18(24)13-11-17;1-7(2,3)12-6(9)8-4-5-11-10;;;;/h5-7,10-11,13-16,23,25H,8-9,12,17-18H2,1-4H3,(H,29,34);2-4,7-8,10-13,20,22H,5-6,9,14-15,24H2,1H3;2-4,7-8,10-13,19-20,24H,5-6,9,14H2,1H3;4-5,10H,1-3H3,(H,8,9);2*1H4;2*1H/b;;;5-4+;;;;. The number of amides is 5. The number of aromatic hydroxyl groups is 1. The normalized spacial score (nSPS) is 16.1. The highest BCUT2D eigenvalue weighted by Gasteiger charge is 2.40. The Morgan fingerprint density at radius 1 is 0.472 bits per heavy atom. The Morgan fingerprint density at radius 2 is 0.783 bits per heavy atom. The number of hydrogen-bond donors (Lipinski definition) is 5. The molecule has 3 heterocycles. The zero-order chi connectivity index (χ0) is 74.5. The van der Waals surface area contributed by atoms with E-state index < -0.39 is 35.3 Å². The lowest BCUT2D eigenvalue weighted by Gasteiger charge is -2.40. The summed E-state index contributed by atoms with van der Waals surface area (Å²) in [4.78, 5) is 132. The van der Waals surface area contributed by atoms with E-state index in [1.165, 1.54) is 24.3 Å². The number of carbonyl (C=O) groups is 10. The van der Waals surface area contributed by atoms with Crippen molar-refractivity contribution >= 4 is 84.0 Å². The number of alkyl carbamates (subject to hydrolysis) is 2. The average Bonchev–Trinajstić information content (AvgIpc) is 0.808. The fourth-order valence-electron chi connectivity index (χ4n) is 12.5. The summed E-state index contributed by atoms with van der Waals surface area (Å²) in [6.45, 7) is 16.5. The van der Waals surface area contributed by atoms with Crippen LogP contribution < -0.4 is 25.8 Å². The fraction of sp³-hybridized carbons (Fsp3) is 0.407. The number of likely N-dealkylation sites (tertiary alicyclic amines) is 3. The van der Waals surface area contributed by atoms with E-state index in [-0.39, 0.29) is 135 Å². The number of phenols is 1. The predicted molar refractivity (Wildman–Crippen MR) is 411 cm³/mol. The van der Waals surface area contributed by atoms with Gasteiger partial charge in [-0.25, -0.2) is 19.6 Å². The number of nitrogens with zero attached hydrogens (tertiary/aromatic N) is 3. The Morgan fingerprint density at radius 3 is 1.08 bits per heavy atom. The number of piperidine rings is 3. The van der Waals surface area contributed by atoms with E-state index in [1.807, 2.05) is 101 Å². The number of esters is 2. The van der Waals surface area contributed by atoms with Gasteiger partial charge >= 0.3 is 24.1 Å². The first-order valence-electron chi connectivity index (χ1n) is 34.2. The van der Waals surface area contributed by atoms with Crippen molar-refractivity contribution in [2.45, 2.75) is 182 Å². The van der Waals surface area contributed by atoms with Gasteiger partial charge in [0.25, 0.3) is 17.7 Å². The van der Waals surface area contributed by atoms with Crippen LogP contribution in [0.5, 0.6) is 17.2 Å². The van der Waals surface area contributed by atoms with Crippen molar-refractivity contribution in [3.8, 4) is 17.2 Å². The monoisotopic (exact) mass is 1500 g/mol. The first-order valence-corrected chi connectivity index (χ1v) is 34.2. The number of rotatable bonds is 19. The molecule has 3 saturated heterocycles. The molecule has 9 rings (SSSR count). The molecule has 3 fully saturated rings. The molecule has 3 aliphatic heterocycles. The van der Waals surface area contributed by atoms with Crippen LogP contribution in [0, 0.1) is 0 Å². The van der Waals surface area contributed by atoms with Crippen molar-refractivity contribution in [1.29, 1.82) is 0 Å². The van der Waals surface area contributed by atoms with Crippen LogP contribution in [0.25, 0.3) is 0 Å². The fourth-order valence-corrected chi connectivity index (χ4v) is 12.5. The smallest absolute Gasteiger partial charge is 0.411 e. The lowest BCUT2D eigenvalue weighted by Crippen LogP contribution is -2.48. The van der Waals surface area contributed by atoms with Gasteiger partial charge in [0.2, 0.25) is 0 Å². The van der Waals surface area contributed by atoms with E-state index in [0.29, 0.717) is 42.1 Å². The maximum atomic E-state index is 13.4. The molecule has 576 valence electrons. The quantitative estimate of drug-likeness (QED) is 0.0165. The zero-order valence-electron chi connectivity index (χ0n) is 60.4. The Kier molecular flexibility index (Phi) is 39.5. The van der Waals surface area contributed by atoms with E-state index in [2.05, 4.69) is 15.5 Å². The molecule has 3 aliphatic rings. The molecule has 0 bridgehead atoms. The van der Waals surface area contributed by atoms with Gasteiger partial charge in [-0.15, -0.1) is 24.8 Å². The van der Waals surface area contributed by atoms with E-state index in [1.54, 1.807) is 116 Å². The van der Waals surface area contributed by atoms with Crippen LogP contribution in [0.4, 0.5) is 9.59 Å². The number of nitrogens with one attached hydrogen (secondary N) is 2. The molecule has 6 aromatic carbocycles. The first-order chi connectivity index (χ1) is 48.6. The number of Topliss-reactive ketones (excluding diaryl/α,β-unsaturated/α-hetero) is 3. The van der Waals surface area contributed by atoms with Crippen LogP contribution in [0.15, 0.2) is 176 Å². The molecule has 23 nitrogen and oxygen atoms in total. The molecule has 6 aromatic rings. The maximum Gasteiger partial charge on any atom is 0.411 e.